The number of rotatable bonds is 5. The van der Waals surface area contributed by atoms with E-state index in [0.717, 1.165) is 14.9 Å². The van der Waals surface area contributed by atoms with Crippen LogP contribution in [0.5, 0.6) is 0 Å². The largest absolute Gasteiger partial charge is 0.480 e. The summed E-state index contributed by atoms with van der Waals surface area (Å²) in [5, 5.41) is 11.2. The van der Waals surface area contributed by atoms with Crippen molar-refractivity contribution in [2.24, 2.45) is 5.73 Å². The van der Waals surface area contributed by atoms with Crippen LogP contribution in [0.3, 0.4) is 0 Å². The highest BCUT2D eigenvalue weighted by atomic mass is 79.9. The molecule has 0 aliphatic rings. The molecule has 1 aromatic rings. The molecule has 0 spiro atoms. The zero-order chi connectivity index (χ0) is 15.3. The summed E-state index contributed by atoms with van der Waals surface area (Å²) in [6, 6.07) is 4.53. The van der Waals surface area contributed by atoms with E-state index in [4.69, 9.17) is 10.8 Å². The van der Waals surface area contributed by atoms with Gasteiger partial charge in [0.05, 0.1) is 0 Å². The van der Waals surface area contributed by atoms with E-state index in [9.17, 15) is 14.4 Å². The van der Waals surface area contributed by atoms with Gasteiger partial charge in [-0.1, -0.05) is 15.9 Å². The smallest absolute Gasteiger partial charge is 0.323 e. The van der Waals surface area contributed by atoms with E-state index in [-0.39, 0.29) is 0 Å². The molecule has 8 heteroatoms. The lowest BCUT2D eigenvalue weighted by molar-refractivity contribution is -0.137. The average molecular weight is 344 g/mol. The van der Waals surface area contributed by atoms with Crippen molar-refractivity contribution < 1.29 is 19.5 Å². The second-order valence-electron chi connectivity index (χ2n) is 4.16. The van der Waals surface area contributed by atoms with Gasteiger partial charge in [0.25, 0.3) is 0 Å². The van der Waals surface area contributed by atoms with Gasteiger partial charge in [-0.3, -0.25) is 9.59 Å². The molecule has 0 atom stereocenters. The SMILES string of the molecule is Cc1cc(Br)cc(NC(=O)N(CC(N)=O)CC(=O)O)c1. The number of aliphatic carboxylic acids is 1. The molecule has 0 aliphatic carbocycles. The van der Waals surface area contributed by atoms with Gasteiger partial charge in [0, 0.05) is 10.2 Å². The van der Waals surface area contributed by atoms with Crippen LogP contribution in [0.4, 0.5) is 10.5 Å². The fraction of sp³-hybridized carbons (Fsp3) is 0.250. The molecular weight excluding hydrogens is 330 g/mol. The summed E-state index contributed by atoms with van der Waals surface area (Å²) >= 11 is 3.29. The molecule has 0 aromatic heterocycles. The molecule has 7 nitrogen and oxygen atoms in total. The Morgan fingerprint density at radius 3 is 2.45 bits per heavy atom. The van der Waals surface area contributed by atoms with Crippen LogP contribution in [0.25, 0.3) is 0 Å². The van der Waals surface area contributed by atoms with E-state index in [1.54, 1.807) is 12.1 Å². The first kappa shape index (κ1) is 16.0. The second-order valence-corrected chi connectivity index (χ2v) is 5.08. The molecule has 108 valence electrons. The molecule has 4 N–H and O–H groups in total. The van der Waals surface area contributed by atoms with Gasteiger partial charge in [-0.25, -0.2) is 4.79 Å². The first-order valence-corrected chi connectivity index (χ1v) is 6.40. The van der Waals surface area contributed by atoms with Crippen molar-refractivity contribution in [3.8, 4) is 0 Å². The number of nitrogens with one attached hydrogen (secondary N) is 1. The van der Waals surface area contributed by atoms with Gasteiger partial charge < -0.3 is 21.1 Å². The van der Waals surface area contributed by atoms with Gasteiger partial charge >= 0.3 is 12.0 Å². The number of carbonyl (C=O) groups is 3. The summed E-state index contributed by atoms with van der Waals surface area (Å²) in [6.45, 7) is 0.770. The Balaban J connectivity index is 2.83. The number of amides is 3. The Kier molecular flexibility index (Phi) is 5.51. The van der Waals surface area contributed by atoms with Crippen LogP contribution in [-0.2, 0) is 9.59 Å². The monoisotopic (exact) mass is 343 g/mol. The number of carboxylic acid groups (broad SMARTS) is 1. The molecule has 0 radical (unpaired) electrons. The zero-order valence-corrected chi connectivity index (χ0v) is 12.3. The number of aryl methyl sites for hydroxylation is 1. The molecule has 0 heterocycles. The lowest BCUT2D eigenvalue weighted by Crippen LogP contribution is -2.43. The minimum atomic E-state index is -1.23. The summed E-state index contributed by atoms with van der Waals surface area (Å²) in [6.07, 6.45) is 0. The van der Waals surface area contributed by atoms with E-state index in [0.29, 0.717) is 5.69 Å². The summed E-state index contributed by atoms with van der Waals surface area (Å²) in [4.78, 5) is 34.3. The molecule has 20 heavy (non-hydrogen) atoms. The Morgan fingerprint density at radius 1 is 1.30 bits per heavy atom. The Hall–Kier alpha value is -2.09. The number of nitrogens with two attached hydrogens (primary N) is 1. The van der Waals surface area contributed by atoms with E-state index in [2.05, 4.69) is 21.2 Å². The maximum atomic E-state index is 11.9. The third-order valence-electron chi connectivity index (χ3n) is 2.25. The first-order chi connectivity index (χ1) is 9.27. The molecule has 1 rings (SSSR count). The Bertz CT molecular complexity index is 511. The van der Waals surface area contributed by atoms with Crippen LogP contribution < -0.4 is 11.1 Å². The highest BCUT2D eigenvalue weighted by Crippen LogP contribution is 2.19. The van der Waals surface area contributed by atoms with E-state index in [1.807, 2.05) is 13.0 Å². The third-order valence-corrected chi connectivity index (χ3v) is 2.71. The number of hydrogen-bond donors (Lipinski definition) is 3. The molecule has 0 saturated carbocycles. The topological polar surface area (TPSA) is 113 Å². The first-order valence-electron chi connectivity index (χ1n) is 5.61. The normalized spacial score (nSPS) is 9.90. The quantitative estimate of drug-likeness (QED) is 0.744. The number of anilines is 1. The minimum Gasteiger partial charge on any atom is -0.480 e. The van der Waals surface area contributed by atoms with Crippen molar-refractivity contribution in [3.63, 3.8) is 0 Å². The highest BCUT2D eigenvalue weighted by Gasteiger charge is 2.19. The van der Waals surface area contributed by atoms with Crippen molar-refractivity contribution in [1.29, 1.82) is 0 Å². The fourth-order valence-electron chi connectivity index (χ4n) is 1.56. The number of nitrogens with zero attached hydrogens (tertiary/aromatic N) is 1. The van der Waals surface area contributed by atoms with Gasteiger partial charge in [-0.05, 0) is 30.7 Å². The van der Waals surface area contributed by atoms with Crippen molar-refractivity contribution >= 4 is 39.5 Å². The summed E-state index contributed by atoms with van der Waals surface area (Å²) in [5.41, 5.74) is 6.39. The second kappa shape index (κ2) is 6.90. The number of carboxylic acids is 1. The maximum absolute atomic E-state index is 11.9. The predicted molar refractivity (Wildman–Crippen MR) is 76.3 cm³/mol. The minimum absolute atomic E-state index is 0.467. The van der Waals surface area contributed by atoms with Crippen molar-refractivity contribution in [1.82, 2.24) is 4.90 Å². The molecular formula is C12H14BrN3O4. The predicted octanol–water partition coefficient (Wildman–Crippen LogP) is 1.16. The van der Waals surface area contributed by atoms with Gasteiger partial charge in [0.2, 0.25) is 5.91 Å². The van der Waals surface area contributed by atoms with Crippen molar-refractivity contribution in [2.75, 3.05) is 18.4 Å². The van der Waals surface area contributed by atoms with E-state index >= 15 is 0 Å². The van der Waals surface area contributed by atoms with Gasteiger partial charge in [0.15, 0.2) is 0 Å². The number of hydrogen-bond acceptors (Lipinski definition) is 3. The van der Waals surface area contributed by atoms with Crippen LogP contribution >= 0.6 is 15.9 Å². The molecule has 0 bridgehead atoms. The Morgan fingerprint density at radius 2 is 1.95 bits per heavy atom. The van der Waals surface area contributed by atoms with Crippen LogP contribution in [-0.4, -0.2) is 41.0 Å². The standard InChI is InChI=1S/C12H14BrN3O4/c1-7-2-8(13)4-9(3-7)15-12(20)16(5-10(14)17)6-11(18)19/h2-4H,5-6H2,1H3,(H2,14,17)(H,15,20)(H,18,19). The Labute approximate surface area is 123 Å². The maximum Gasteiger partial charge on any atom is 0.323 e. The molecule has 0 saturated heterocycles. The van der Waals surface area contributed by atoms with Crippen LogP contribution in [0.1, 0.15) is 5.56 Å². The summed E-state index contributed by atoms with van der Waals surface area (Å²) in [5.74, 6) is -2.02. The molecule has 0 aliphatic heterocycles. The van der Waals surface area contributed by atoms with Gasteiger partial charge in [-0.2, -0.15) is 0 Å². The third kappa shape index (κ3) is 5.27. The number of carbonyl (C=O) groups excluding carboxylic acids is 2. The van der Waals surface area contributed by atoms with E-state index < -0.39 is 31.0 Å². The fourth-order valence-corrected chi connectivity index (χ4v) is 2.17. The van der Waals surface area contributed by atoms with Crippen molar-refractivity contribution in [2.45, 2.75) is 6.92 Å². The summed E-state index contributed by atoms with van der Waals surface area (Å²) in [7, 11) is 0. The molecule has 1 aromatic carbocycles. The number of primary amides is 1. The average Bonchev–Trinajstić information content (AvgIpc) is 2.24. The van der Waals surface area contributed by atoms with Gasteiger partial charge in [-0.15, -0.1) is 0 Å². The van der Waals surface area contributed by atoms with E-state index in [1.165, 1.54) is 0 Å². The van der Waals surface area contributed by atoms with Crippen LogP contribution in [0, 0.1) is 6.92 Å². The molecule has 0 fully saturated rings. The lowest BCUT2D eigenvalue weighted by atomic mass is 10.2. The lowest BCUT2D eigenvalue weighted by Gasteiger charge is -2.19. The highest BCUT2D eigenvalue weighted by molar-refractivity contribution is 9.10. The molecule has 0 unspecified atom stereocenters. The number of urea groups is 1. The number of halogens is 1. The van der Waals surface area contributed by atoms with Crippen LogP contribution in [0.15, 0.2) is 22.7 Å². The summed E-state index contributed by atoms with van der Waals surface area (Å²) < 4.78 is 0.771. The zero-order valence-electron chi connectivity index (χ0n) is 10.7. The number of benzene rings is 1. The van der Waals surface area contributed by atoms with Gasteiger partial charge in [0.1, 0.15) is 13.1 Å². The van der Waals surface area contributed by atoms with Crippen molar-refractivity contribution in [3.05, 3.63) is 28.2 Å². The van der Waals surface area contributed by atoms with Crippen LogP contribution in [0.2, 0.25) is 0 Å². The molecule has 3 amide bonds.